The van der Waals surface area contributed by atoms with Crippen LogP contribution in [-0.2, 0) is 6.54 Å². The zero-order chi connectivity index (χ0) is 17.2. The van der Waals surface area contributed by atoms with Gasteiger partial charge >= 0.3 is 0 Å². The van der Waals surface area contributed by atoms with E-state index < -0.39 is 0 Å². The highest BCUT2D eigenvalue weighted by Gasteiger charge is 2.34. The van der Waals surface area contributed by atoms with E-state index in [4.69, 9.17) is 4.52 Å². The summed E-state index contributed by atoms with van der Waals surface area (Å²) < 4.78 is 7.27. The van der Waals surface area contributed by atoms with Gasteiger partial charge in [-0.05, 0) is 37.5 Å². The van der Waals surface area contributed by atoms with Crippen molar-refractivity contribution in [3.8, 4) is 0 Å². The first kappa shape index (κ1) is 15.6. The van der Waals surface area contributed by atoms with E-state index in [0.29, 0.717) is 23.8 Å². The topological polar surface area (TPSA) is 77.0 Å². The zero-order valence-electron chi connectivity index (χ0n) is 14.0. The first-order valence-corrected chi connectivity index (χ1v) is 8.36. The molecule has 0 spiro atoms. The summed E-state index contributed by atoms with van der Waals surface area (Å²) >= 11 is 0. The molecule has 7 nitrogen and oxygen atoms in total. The van der Waals surface area contributed by atoms with E-state index >= 15 is 0 Å². The Labute approximate surface area is 145 Å². The molecule has 0 saturated carbocycles. The quantitative estimate of drug-likeness (QED) is 0.731. The van der Waals surface area contributed by atoms with Crippen LogP contribution in [0.2, 0.25) is 0 Å². The van der Waals surface area contributed by atoms with Gasteiger partial charge in [0.1, 0.15) is 6.04 Å². The van der Waals surface area contributed by atoms with Crippen LogP contribution in [-0.4, -0.2) is 37.0 Å². The second-order valence-electron chi connectivity index (χ2n) is 6.27. The summed E-state index contributed by atoms with van der Waals surface area (Å²) in [4.78, 5) is 23.0. The third-order valence-corrected chi connectivity index (χ3v) is 4.47. The van der Waals surface area contributed by atoms with Crippen molar-refractivity contribution in [3.63, 3.8) is 0 Å². The van der Waals surface area contributed by atoms with Gasteiger partial charge in [-0.15, -0.1) is 0 Å². The van der Waals surface area contributed by atoms with E-state index in [1.54, 1.807) is 19.4 Å². The van der Waals surface area contributed by atoms with Crippen LogP contribution < -0.4 is 0 Å². The SMILES string of the molecule is Cc1noc(C2CCCN2C(=O)c2ccc(Cn3ccnc3)cc2)n1. The number of carbonyl (C=O) groups is 1. The number of benzene rings is 1. The van der Waals surface area contributed by atoms with Crippen LogP contribution in [0.3, 0.4) is 0 Å². The van der Waals surface area contributed by atoms with Gasteiger partial charge < -0.3 is 14.0 Å². The van der Waals surface area contributed by atoms with Crippen molar-refractivity contribution in [1.82, 2.24) is 24.6 Å². The van der Waals surface area contributed by atoms with E-state index in [0.717, 1.165) is 24.9 Å². The summed E-state index contributed by atoms with van der Waals surface area (Å²) in [5, 5.41) is 3.84. The molecule has 1 amide bonds. The molecular weight excluding hydrogens is 318 g/mol. The molecular formula is C18H19N5O2. The Morgan fingerprint density at radius 3 is 2.84 bits per heavy atom. The lowest BCUT2D eigenvalue weighted by atomic mass is 10.1. The number of carbonyl (C=O) groups excluding carboxylic acids is 1. The number of rotatable bonds is 4. The Bertz CT molecular complexity index is 854. The van der Waals surface area contributed by atoms with Crippen molar-refractivity contribution in [2.24, 2.45) is 0 Å². The fourth-order valence-electron chi connectivity index (χ4n) is 3.22. The van der Waals surface area contributed by atoms with Gasteiger partial charge in [-0.3, -0.25) is 4.79 Å². The summed E-state index contributed by atoms with van der Waals surface area (Å²) in [7, 11) is 0. The van der Waals surface area contributed by atoms with Gasteiger partial charge in [0.15, 0.2) is 5.82 Å². The molecule has 1 fully saturated rings. The van der Waals surface area contributed by atoms with Gasteiger partial charge in [0.25, 0.3) is 5.91 Å². The number of aryl methyl sites for hydroxylation is 1. The van der Waals surface area contributed by atoms with Crippen LogP contribution in [0.1, 0.15) is 46.5 Å². The molecule has 3 heterocycles. The van der Waals surface area contributed by atoms with Gasteiger partial charge in [0.05, 0.1) is 6.33 Å². The fourth-order valence-corrected chi connectivity index (χ4v) is 3.22. The fraction of sp³-hybridized carbons (Fsp3) is 0.333. The van der Waals surface area contributed by atoms with Crippen molar-refractivity contribution < 1.29 is 9.32 Å². The number of amides is 1. The highest BCUT2D eigenvalue weighted by molar-refractivity contribution is 5.94. The lowest BCUT2D eigenvalue weighted by Gasteiger charge is -2.22. The molecule has 1 aliphatic rings. The van der Waals surface area contributed by atoms with Crippen LogP contribution in [0.5, 0.6) is 0 Å². The van der Waals surface area contributed by atoms with Gasteiger partial charge in [0, 0.05) is 31.0 Å². The Hall–Kier alpha value is -2.96. The molecule has 3 aromatic rings. The molecule has 0 bridgehead atoms. The minimum absolute atomic E-state index is 0.00698. The van der Waals surface area contributed by atoms with Crippen LogP contribution in [0, 0.1) is 6.92 Å². The average molecular weight is 337 g/mol. The first-order valence-electron chi connectivity index (χ1n) is 8.36. The molecule has 128 valence electrons. The summed E-state index contributed by atoms with van der Waals surface area (Å²) in [6.45, 7) is 3.23. The van der Waals surface area contributed by atoms with E-state index in [1.807, 2.05) is 39.9 Å². The Kier molecular flexibility index (Phi) is 4.05. The van der Waals surface area contributed by atoms with E-state index in [1.165, 1.54) is 0 Å². The standard InChI is InChI=1S/C18H19N5O2/c1-13-20-17(25-21-13)16-3-2-9-23(16)18(24)15-6-4-14(5-7-15)11-22-10-8-19-12-22/h4-8,10,12,16H,2-3,9,11H2,1H3. The monoisotopic (exact) mass is 337 g/mol. The molecule has 1 saturated heterocycles. The number of hydrogen-bond donors (Lipinski definition) is 0. The van der Waals surface area contributed by atoms with Gasteiger partial charge in [0.2, 0.25) is 5.89 Å². The van der Waals surface area contributed by atoms with Crippen molar-refractivity contribution in [2.75, 3.05) is 6.54 Å². The lowest BCUT2D eigenvalue weighted by molar-refractivity contribution is 0.0710. The Morgan fingerprint density at radius 2 is 2.16 bits per heavy atom. The summed E-state index contributed by atoms with van der Waals surface area (Å²) in [6.07, 6.45) is 7.24. The smallest absolute Gasteiger partial charge is 0.254 e. The maximum atomic E-state index is 12.9. The minimum Gasteiger partial charge on any atom is -0.337 e. The molecule has 7 heteroatoms. The highest BCUT2D eigenvalue weighted by atomic mass is 16.5. The molecule has 1 aliphatic heterocycles. The number of hydrogen-bond acceptors (Lipinski definition) is 5. The molecule has 0 N–H and O–H groups in total. The second kappa shape index (κ2) is 6.51. The lowest BCUT2D eigenvalue weighted by Crippen LogP contribution is -2.30. The van der Waals surface area contributed by atoms with E-state index in [-0.39, 0.29) is 11.9 Å². The highest BCUT2D eigenvalue weighted by Crippen LogP contribution is 2.32. The normalized spacial score (nSPS) is 17.2. The summed E-state index contributed by atoms with van der Waals surface area (Å²) in [6, 6.07) is 7.59. The molecule has 4 rings (SSSR count). The van der Waals surface area contributed by atoms with Crippen LogP contribution in [0.25, 0.3) is 0 Å². The van der Waals surface area contributed by atoms with E-state index in [9.17, 15) is 4.79 Å². The molecule has 1 unspecified atom stereocenters. The van der Waals surface area contributed by atoms with E-state index in [2.05, 4.69) is 15.1 Å². The predicted molar refractivity (Wildman–Crippen MR) is 89.8 cm³/mol. The van der Waals surface area contributed by atoms with Crippen LogP contribution >= 0.6 is 0 Å². The molecule has 0 radical (unpaired) electrons. The maximum absolute atomic E-state index is 12.9. The first-order chi connectivity index (χ1) is 12.2. The third-order valence-electron chi connectivity index (χ3n) is 4.47. The Balaban J connectivity index is 1.50. The summed E-state index contributed by atoms with van der Waals surface area (Å²) in [5.41, 5.74) is 1.80. The van der Waals surface area contributed by atoms with Crippen molar-refractivity contribution in [3.05, 3.63) is 65.8 Å². The molecule has 2 aromatic heterocycles. The Morgan fingerprint density at radius 1 is 1.32 bits per heavy atom. The van der Waals surface area contributed by atoms with Crippen molar-refractivity contribution in [1.29, 1.82) is 0 Å². The number of aromatic nitrogens is 4. The number of likely N-dealkylation sites (tertiary alicyclic amines) is 1. The minimum atomic E-state index is -0.126. The third kappa shape index (κ3) is 3.17. The number of imidazole rings is 1. The maximum Gasteiger partial charge on any atom is 0.254 e. The molecule has 1 aromatic carbocycles. The second-order valence-corrected chi connectivity index (χ2v) is 6.27. The van der Waals surface area contributed by atoms with Gasteiger partial charge in [-0.1, -0.05) is 17.3 Å². The summed E-state index contributed by atoms with van der Waals surface area (Å²) in [5.74, 6) is 1.13. The van der Waals surface area contributed by atoms with Crippen LogP contribution in [0.4, 0.5) is 0 Å². The van der Waals surface area contributed by atoms with Gasteiger partial charge in [-0.25, -0.2) is 4.98 Å². The molecule has 1 atom stereocenters. The van der Waals surface area contributed by atoms with Gasteiger partial charge in [-0.2, -0.15) is 4.98 Å². The van der Waals surface area contributed by atoms with Crippen LogP contribution in [0.15, 0.2) is 47.5 Å². The van der Waals surface area contributed by atoms with Crippen molar-refractivity contribution >= 4 is 5.91 Å². The van der Waals surface area contributed by atoms with Crippen molar-refractivity contribution in [2.45, 2.75) is 32.4 Å². The predicted octanol–water partition coefficient (Wildman–Crippen LogP) is 2.60. The zero-order valence-corrected chi connectivity index (χ0v) is 14.0. The number of nitrogens with zero attached hydrogens (tertiary/aromatic N) is 5. The largest absolute Gasteiger partial charge is 0.337 e. The molecule has 25 heavy (non-hydrogen) atoms. The average Bonchev–Trinajstić information content (AvgIpc) is 3.36. The molecule has 0 aliphatic carbocycles.